The van der Waals surface area contributed by atoms with Crippen molar-refractivity contribution in [3.05, 3.63) is 36.2 Å². The molecular weight excluding hydrogens is 188 g/mol. The lowest BCUT2D eigenvalue weighted by atomic mass is 10.0. The molecule has 2 nitrogen and oxygen atoms in total. The second kappa shape index (κ2) is 4.96. The van der Waals surface area contributed by atoms with Gasteiger partial charge in [0.1, 0.15) is 5.75 Å². The molecule has 0 bridgehead atoms. The number of carbonyl (C=O) groups excluding carboxylic acids is 1. The first kappa shape index (κ1) is 11.8. The Labute approximate surface area is 91.3 Å². The third kappa shape index (κ3) is 4.15. The molecule has 81 valence electrons. The van der Waals surface area contributed by atoms with Gasteiger partial charge in [0.25, 0.3) is 0 Å². The molecular formula is C13H17O2. The molecule has 0 N–H and O–H groups in total. The van der Waals surface area contributed by atoms with Gasteiger partial charge in [-0.3, -0.25) is 4.79 Å². The molecule has 0 fully saturated rings. The molecule has 0 atom stereocenters. The number of hydrogen-bond donors (Lipinski definition) is 0. The molecule has 2 heteroatoms. The molecule has 0 unspecified atom stereocenters. The lowest BCUT2D eigenvalue weighted by Crippen LogP contribution is -2.03. The minimum atomic E-state index is -0.295. The van der Waals surface area contributed by atoms with Crippen LogP contribution in [0.1, 0.15) is 31.9 Å². The molecule has 1 aromatic carbocycles. The van der Waals surface area contributed by atoms with E-state index in [0.29, 0.717) is 11.7 Å². The van der Waals surface area contributed by atoms with E-state index in [0.717, 1.165) is 17.5 Å². The van der Waals surface area contributed by atoms with E-state index in [4.69, 9.17) is 4.74 Å². The van der Waals surface area contributed by atoms with Gasteiger partial charge in [0.2, 0.25) is 0 Å². The maximum atomic E-state index is 10.8. The van der Waals surface area contributed by atoms with Crippen LogP contribution in [0.5, 0.6) is 5.75 Å². The summed E-state index contributed by atoms with van der Waals surface area (Å²) in [5, 5.41) is 0. The zero-order valence-corrected chi connectivity index (χ0v) is 9.54. The van der Waals surface area contributed by atoms with E-state index >= 15 is 0 Å². The van der Waals surface area contributed by atoms with Crippen LogP contribution in [-0.2, 0) is 11.2 Å². The van der Waals surface area contributed by atoms with Gasteiger partial charge in [-0.1, -0.05) is 19.9 Å². The molecule has 0 aromatic heterocycles. The second-order valence-electron chi connectivity index (χ2n) is 4.18. The second-order valence-corrected chi connectivity index (χ2v) is 4.18. The topological polar surface area (TPSA) is 26.3 Å². The number of ether oxygens (including phenoxy) is 1. The van der Waals surface area contributed by atoms with Crippen LogP contribution in [0.15, 0.2) is 18.2 Å². The fourth-order valence-electron chi connectivity index (χ4n) is 1.54. The number of esters is 1. The SMILES string of the molecule is [CH2]c1cc(CC(C)C)cc(OC(C)=O)c1. The summed E-state index contributed by atoms with van der Waals surface area (Å²) < 4.78 is 5.04. The first-order chi connectivity index (χ1) is 6.97. The minimum absolute atomic E-state index is 0.295. The number of hydrogen-bond acceptors (Lipinski definition) is 2. The van der Waals surface area contributed by atoms with Crippen LogP contribution in [0.25, 0.3) is 0 Å². The summed E-state index contributed by atoms with van der Waals surface area (Å²) >= 11 is 0. The Morgan fingerprint density at radius 2 is 2.07 bits per heavy atom. The van der Waals surface area contributed by atoms with Crippen LogP contribution >= 0.6 is 0 Å². The zero-order chi connectivity index (χ0) is 11.4. The normalized spacial score (nSPS) is 10.5. The average molecular weight is 205 g/mol. The Morgan fingerprint density at radius 3 is 2.60 bits per heavy atom. The van der Waals surface area contributed by atoms with Crippen molar-refractivity contribution in [3.8, 4) is 5.75 Å². The molecule has 0 aliphatic rings. The summed E-state index contributed by atoms with van der Waals surface area (Å²) in [5.74, 6) is 0.874. The van der Waals surface area contributed by atoms with Gasteiger partial charge in [0, 0.05) is 6.92 Å². The fourth-order valence-corrected chi connectivity index (χ4v) is 1.54. The highest BCUT2D eigenvalue weighted by Gasteiger charge is 2.03. The van der Waals surface area contributed by atoms with Crippen LogP contribution < -0.4 is 4.74 Å². The van der Waals surface area contributed by atoms with E-state index < -0.39 is 0 Å². The predicted molar refractivity (Wildman–Crippen MR) is 60.8 cm³/mol. The zero-order valence-electron chi connectivity index (χ0n) is 9.54. The van der Waals surface area contributed by atoms with Crippen molar-refractivity contribution >= 4 is 5.97 Å². The van der Waals surface area contributed by atoms with E-state index in [1.54, 1.807) is 6.07 Å². The van der Waals surface area contributed by atoms with E-state index in [1.807, 2.05) is 12.1 Å². The van der Waals surface area contributed by atoms with E-state index in [1.165, 1.54) is 6.92 Å². The first-order valence-corrected chi connectivity index (χ1v) is 5.11. The molecule has 0 aliphatic carbocycles. The van der Waals surface area contributed by atoms with Crippen molar-refractivity contribution < 1.29 is 9.53 Å². The van der Waals surface area contributed by atoms with Crippen molar-refractivity contribution in [3.63, 3.8) is 0 Å². The van der Waals surface area contributed by atoms with E-state index in [2.05, 4.69) is 20.8 Å². The van der Waals surface area contributed by atoms with Gasteiger partial charge < -0.3 is 4.74 Å². The van der Waals surface area contributed by atoms with Gasteiger partial charge in [-0.2, -0.15) is 0 Å². The van der Waals surface area contributed by atoms with Gasteiger partial charge >= 0.3 is 5.97 Å². The highest BCUT2D eigenvalue weighted by atomic mass is 16.5. The Balaban J connectivity index is 2.89. The van der Waals surface area contributed by atoms with Gasteiger partial charge in [-0.15, -0.1) is 0 Å². The molecule has 1 rings (SSSR count). The molecule has 15 heavy (non-hydrogen) atoms. The predicted octanol–water partition coefficient (Wildman–Crippen LogP) is 2.99. The molecule has 0 aliphatic heterocycles. The van der Waals surface area contributed by atoms with Gasteiger partial charge in [0.15, 0.2) is 0 Å². The summed E-state index contributed by atoms with van der Waals surface area (Å²) in [5.41, 5.74) is 2.04. The molecule has 1 aromatic rings. The largest absolute Gasteiger partial charge is 0.427 e. The van der Waals surface area contributed by atoms with E-state index in [9.17, 15) is 4.79 Å². The minimum Gasteiger partial charge on any atom is -0.427 e. The Morgan fingerprint density at radius 1 is 1.40 bits per heavy atom. The Hall–Kier alpha value is -1.31. The van der Waals surface area contributed by atoms with Crippen LogP contribution in [0.4, 0.5) is 0 Å². The lowest BCUT2D eigenvalue weighted by Gasteiger charge is -2.09. The molecule has 0 amide bonds. The first-order valence-electron chi connectivity index (χ1n) is 5.11. The van der Waals surface area contributed by atoms with Crippen molar-refractivity contribution in [2.45, 2.75) is 27.2 Å². The number of benzene rings is 1. The molecule has 0 heterocycles. The van der Waals surface area contributed by atoms with Crippen LogP contribution in [-0.4, -0.2) is 5.97 Å². The maximum absolute atomic E-state index is 10.8. The van der Waals surface area contributed by atoms with Crippen LogP contribution in [0.3, 0.4) is 0 Å². The highest BCUT2D eigenvalue weighted by molar-refractivity contribution is 5.69. The number of rotatable bonds is 3. The van der Waals surface area contributed by atoms with Gasteiger partial charge in [0.05, 0.1) is 0 Å². The van der Waals surface area contributed by atoms with Gasteiger partial charge in [-0.25, -0.2) is 0 Å². The molecule has 1 radical (unpaired) electrons. The summed E-state index contributed by atoms with van der Waals surface area (Å²) in [6.45, 7) is 9.57. The van der Waals surface area contributed by atoms with Crippen LogP contribution in [0, 0.1) is 12.8 Å². The fraction of sp³-hybridized carbons (Fsp3) is 0.385. The maximum Gasteiger partial charge on any atom is 0.308 e. The van der Waals surface area contributed by atoms with Crippen molar-refractivity contribution in [1.82, 2.24) is 0 Å². The quantitative estimate of drug-likeness (QED) is 0.560. The summed E-state index contributed by atoms with van der Waals surface area (Å²) in [7, 11) is 0. The number of carbonyl (C=O) groups is 1. The van der Waals surface area contributed by atoms with Gasteiger partial charge in [-0.05, 0) is 42.5 Å². The van der Waals surface area contributed by atoms with E-state index in [-0.39, 0.29) is 5.97 Å². The lowest BCUT2D eigenvalue weighted by molar-refractivity contribution is -0.131. The van der Waals surface area contributed by atoms with Crippen molar-refractivity contribution in [2.24, 2.45) is 5.92 Å². The summed E-state index contributed by atoms with van der Waals surface area (Å²) in [6, 6.07) is 5.69. The average Bonchev–Trinajstić information content (AvgIpc) is 1.98. The molecule has 0 saturated heterocycles. The third-order valence-electron chi connectivity index (χ3n) is 1.93. The standard InChI is InChI=1S/C13H17O2/c1-9(2)5-12-6-10(3)7-13(8-12)15-11(4)14/h6-9H,3,5H2,1-2,4H3. The smallest absolute Gasteiger partial charge is 0.308 e. The molecule has 0 spiro atoms. The summed E-state index contributed by atoms with van der Waals surface area (Å²) in [4.78, 5) is 10.8. The summed E-state index contributed by atoms with van der Waals surface area (Å²) in [6.07, 6.45) is 0.970. The highest BCUT2D eigenvalue weighted by Crippen LogP contribution is 2.19. The Bertz CT molecular complexity index is 354. The monoisotopic (exact) mass is 205 g/mol. The van der Waals surface area contributed by atoms with Crippen molar-refractivity contribution in [1.29, 1.82) is 0 Å². The molecule has 0 saturated carbocycles. The third-order valence-corrected chi connectivity index (χ3v) is 1.93. The van der Waals surface area contributed by atoms with Crippen LogP contribution in [0.2, 0.25) is 0 Å². The Kier molecular flexibility index (Phi) is 3.89. The van der Waals surface area contributed by atoms with Crippen molar-refractivity contribution in [2.75, 3.05) is 0 Å².